The molecular formula is C41H30N2. The minimum atomic E-state index is 1.15. The number of aryl methyl sites for hydroxylation is 1. The van der Waals surface area contributed by atoms with E-state index in [4.69, 9.17) is 0 Å². The third-order valence-electron chi connectivity index (χ3n) is 8.69. The minimum Gasteiger partial charge on any atom is -0.310 e. The molecule has 204 valence electrons. The molecule has 0 fully saturated rings. The largest absolute Gasteiger partial charge is 0.310 e. The highest BCUT2D eigenvalue weighted by Gasteiger charge is 2.21. The molecular weight excluding hydrogens is 520 g/mol. The van der Waals surface area contributed by atoms with Gasteiger partial charge in [0.15, 0.2) is 0 Å². The number of aromatic nitrogens is 2. The lowest BCUT2D eigenvalue weighted by atomic mass is 9.98. The summed E-state index contributed by atoms with van der Waals surface area (Å²) in [6.45, 7) is 6.18. The maximum atomic E-state index is 3.93. The summed E-state index contributed by atoms with van der Waals surface area (Å²) in [4.78, 5) is 0. The van der Waals surface area contributed by atoms with Crippen LogP contribution in [-0.4, -0.2) is 9.13 Å². The lowest BCUT2D eigenvalue weighted by Gasteiger charge is -2.11. The Hall–Kier alpha value is -5.60. The highest BCUT2D eigenvalue weighted by molar-refractivity contribution is 6.22. The van der Waals surface area contributed by atoms with Crippen LogP contribution in [0.25, 0.3) is 72.1 Å². The van der Waals surface area contributed by atoms with Crippen molar-refractivity contribution in [3.05, 3.63) is 163 Å². The van der Waals surface area contributed by atoms with Crippen LogP contribution in [0.15, 0.2) is 152 Å². The molecule has 0 bridgehead atoms. The van der Waals surface area contributed by atoms with E-state index in [1.165, 1.54) is 65.9 Å². The first-order valence-electron chi connectivity index (χ1n) is 14.7. The molecule has 0 aliphatic heterocycles. The van der Waals surface area contributed by atoms with E-state index in [2.05, 4.69) is 162 Å². The molecule has 0 saturated carbocycles. The summed E-state index contributed by atoms with van der Waals surface area (Å²) in [5.74, 6) is 0. The van der Waals surface area contributed by atoms with Crippen molar-refractivity contribution in [3.8, 4) is 22.5 Å². The Morgan fingerprint density at radius 3 is 1.98 bits per heavy atom. The molecule has 0 unspecified atom stereocenters. The zero-order chi connectivity index (χ0) is 28.9. The van der Waals surface area contributed by atoms with Crippen LogP contribution < -0.4 is 0 Å². The van der Waals surface area contributed by atoms with Crippen LogP contribution in [0.4, 0.5) is 0 Å². The average molecular weight is 551 g/mol. The molecule has 8 aromatic rings. The lowest BCUT2D eigenvalue weighted by Crippen LogP contribution is -1.97. The van der Waals surface area contributed by atoms with Crippen LogP contribution in [0, 0.1) is 6.92 Å². The van der Waals surface area contributed by atoms with Crippen LogP contribution in [0.1, 0.15) is 11.3 Å². The van der Waals surface area contributed by atoms with Gasteiger partial charge in [0, 0.05) is 33.2 Å². The molecule has 2 heteroatoms. The third kappa shape index (κ3) is 3.88. The Bertz CT molecular complexity index is 2340. The van der Waals surface area contributed by atoms with Crippen LogP contribution in [-0.2, 0) is 0 Å². The average Bonchev–Trinajstić information content (AvgIpc) is 3.55. The van der Waals surface area contributed by atoms with Crippen molar-refractivity contribution < 1.29 is 0 Å². The summed E-state index contributed by atoms with van der Waals surface area (Å²) in [5, 5.41) is 6.36. The van der Waals surface area contributed by atoms with Gasteiger partial charge in [0.1, 0.15) is 0 Å². The van der Waals surface area contributed by atoms with E-state index in [0.717, 1.165) is 11.4 Å². The zero-order valence-electron chi connectivity index (χ0n) is 24.0. The van der Waals surface area contributed by atoms with Crippen molar-refractivity contribution >= 4 is 49.6 Å². The second-order valence-corrected chi connectivity index (χ2v) is 11.1. The molecule has 8 rings (SSSR count). The highest BCUT2D eigenvalue weighted by Crippen LogP contribution is 2.41. The maximum absolute atomic E-state index is 3.93. The Kier molecular flexibility index (Phi) is 5.87. The van der Waals surface area contributed by atoms with E-state index in [9.17, 15) is 0 Å². The van der Waals surface area contributed by atoms with Gasteiger partial charge in [0.25, 0.3) is 0 Å². The van der Waals surface area contributed by atoms with Gasteiger partial charge in [-0.3, -0.25) is 0 Å². The number of nitrogens with zero attached hydrogens (tertiary/aromatic N) is 2. The Balaban J connectivity index is 1.39. The predicted octanol–water partition coefficient (Wildman–Crippen LogP) is 11.1. The minimum absolute atomic E-state index is 1.15. The standard InChI is InChI=1S/C41H30N2/c1-3-4-20-36-28(2)40-38(42(36)31-15-6-5-7-16-31)26-27-39-41(40)35-18-10-11-21-37(35)43(39)32-24-22-30(23-25-32)34-19-12-14-29-13-8-9-17-33(29)34/h3-27H,1H2,2H3/b20-4-. The van der Waals surface area contributed by atoms with Gasteiger partial charge < -0.3 is 9.13 Å². The first-order valence-corrected chi connectivity index (χ1v) is 14.7. The predicted molar refractivity (Wildman–Crippen MR) is 185 cm³/mol. The zero-order valence-corrected chi connectivity index (χ0v) is 24.0. The van der Waals surface area contributed by atoms with Crippen LogP contribution in [0.3, 0.4) is 0 Å². The maximum Gasteiger partial charge on any atom is 0.0548 e. The molecule has 0 amide bonds. The Labute approximate surface area is 251 Å². The van der Waals surface area contributed by atoms with Gasteiger partial charge in [-0.25, -0.2) is 0 Å². The van der Waals surface area contributed by atoms with E-state index < -0.39 is 0 Å². The van der Waals surface area contributed by atoms with Crippen molar-refractivity contribution in [1.82, 2.24) is 9.13 Å². The number of para-hydroxylation sites is 2. The topological polar surface area (TPSA) is 9.86 Å². The second kappa shape index (κ2) is 10.0. The Morgan fingerprint density at radius 1 is 0.535 bits per heavy atom. The van der Waals surface area contributed by atoms with Gasteiger partial charge in [-0.2, -0.15) is 0 Å². The molecule has 2 heterocycles. The molecule has 6 aromatic carbocycles. The van der Waals surface area contributed by atoms with E-state index in [0.29, 0.717) is 0 Å². The van der Waals surface area contributed by atoms with Gasteiger partial charge in [0.2, 0.25) is 0 Å². The SMILES string of the molecule is C=C/C=C\c1c(C)c2c3c4ccccc4n(-c4ccc(-c5cccc6ccccc56)cc4)c3ccc2n1-c1ccccc1. The number of hydrogen-bond donors (Lipinski definition) is 0. The molecule has 0 atom stereocenters. The van der Waals surface area contributed by atoms with E-state index >= 15 is 0 Å². The quantitative estimate of drug-likeness (QED) is 0.189. The highest BCUT2D eigenvalue weighted by atomic mass is 15.0. The number of allylic oxidation sites excluding steroid dienone is 2. The summed E-state index contributed by atoms with van der Waals surface area (Å²) in [5.41, 5.74) is 10.8. The lowest BCUT2D eigenvalue weighted by molar-refractivity contribution is 1.10. The summed E-state index contributed by atoms with van der Waals surface area (Å²) >= 11 is 0. The Morgan fingerprint density at radius 2 is 1.19 bits per heavy atom. The van der Waals surface area contributed by atoms with Gasteiger partial charge in [-0.05, 0) is 82.9 Å². The van der Waals surface area contributed by atoms with Gasteiger partial charge in [-0.15, -0.1) is 0 Å². The molecule has 0 spiro atoms. The normalized spacial score (nSPS) is 11.8. The van der Waals surface area contributed by atoms with Gasteiger partial charge in [0.05, 0.1) is 16.6 Å². The molecule has 2 nitrogen and oxygen atoms in total. The summed E-state index contributed by atoms with van der Waals surface area (Å²) in [7, 11) is 0. The van der Waals surface area contributed by atoms with Crippen molar-refractivity contribution in [2.75, 3.05) is 0 Å². The fourth-order valence-electron chi connectivity index (χ4n) is 6.80. The fourth-order valence-corrected chi connectivity index (χ4v) is 6.80. The van der Waals surface area contributed by atoms with Crippen molar-refractivity contribution in [2.24, 2.45) is 0 Å². The van der Waals surface area contributed by atoms with Gasteiger partial charge in [-0.1, -0.05) is 110 Å². The summed E-state index contributed by atoms with van der Waals surface area (Å²) in [6, 6.07) is 48.1. The molecule has 0 aliphatic rings. The van der Waals surface area contributed by atoms with Crippen molar-refractivity contribution in [1.29, 1.82) is 0 Å². The first kappa shape index (κ1) is 25.1. The van der Waals surface area contributed by atoms with Crippen LogP contribution in [0.2, 0.25) is 0 Å². The third-order valence-corrected chi connectivity index (χ3v) is 8.69. The number of benzene rings is 6. The smallest absolute Gasteiger partial charge is 0.0548 e. The van der Waals surface area contributed by atoms with E-state index in [-0.39, 0.29) is 0 Å². The number of hydrogen-bond acceptors (Lipinski definition) is 0. The molecule has 0 N–H and O–H groups in total. The van der Waals surface area contributed by atoms with Gasteiger partial charge >= 0.3 is 0 Å². The fraction of sp³-hybridized carbons (Fsp3) is 0.0244. The first-order chi connectivity index (χ1) is 21.2. The summed E-state index contributed by atoms with van der Waals surface area (Å²) in [6.07, 6.45) is 6.04. The van der Waals surface area contributed by atoms with Crippen molar-refractivity contribution in [2.45, 2.75) is 6.92 Å². The van der Waals surface area contributed by atoms with Crippen molar-refractivity contribution in [3.63, 3.8) is 0 Å². The molecule has 0 saturated heterocycles. The van der Waals surface area contributed by atoms with E-state index in [1.807, 2.05) is 12.2 Å². The molecule has 0 radical (unpaired) electrons. The molecule has 43 heavy (non-hydrogen) atoms. The van der Waals surface area contributed by atoms with E-state index in [1.54, 1.807) is 0 Å². The molecule has 0 aliphatic carbocycles. The number of fused-ring (bicyclic) bond motifs is 6. The van der Waals surface area contributed by atoms with Crippen LogP contribution in [0.5, 0.6) is 0 Å². The summed E-state index contributed by atoms with van der Waals surface area (Å²) < 4.78 is 4.78. The molecule has 2 aromatic heterocycles. The second-order valence-electron chi connectivity index (χ2n) is 11.1. The van der Waals surface area contributed by atoms with Crippen LogP contribution >= 0.6 is 0 Å². The number of rotatable bonds is 5. The monoisotopic (exact) mass is 550 g/mol.